The molecule has 0 aliphatic rings. The minimum atomic E-state index is -0.388. The van der Waals surface area contributed by atoms with Gasteiger partial charge >= 0.3 is 0 Å². The third-order valence-corrected chi connectivity index (χ3v) is 3.44. The molecule has 0 amide bonds. The molecule has 0 atom stereocenters. The number of rotatable bonds is 3. The van der Waals surface area contributed by atoms with Crippen molar-refractivity contribution in [3.63, 3.8) is 0 Å². The maximum atomic E-state index is 13.5. The van der Waals surface area contributed by atoms with Crippen molar-refractivity contribution >= 4 is 27.5 Å². The first-order valence-corrected chi connectivity index (χ1v) is 6.88. The van der Waals surface area contributed by atoms with E-state index in [1.807, 2.05) is 13.0 Å². The van der Waals surface area contributed by atoms with Crippen LogP contribution >= 0.6 is 27.5 Å². The van der Waals surface area contributed by atoms with Crippen molar-refractivity contribution in [1.29, 1.82) is 0 Å². The maximum absolute atomic E-state index is 13.5. The molecule has 2 aromatic carbocycles. The molecule has 18 heavy (non-hydrogen) atoms. The smallest absolute Gasteiger partial charge is 0.165 e. The second kappa shape index (κ2) is 5.72. The van der Waals surface area contributed by atoms with E-state index < -0.39 is 0 Å². The van der Waals surface area contributed by atoms with E-state index in [1.165, 1.54) is 6.07 Å². The lowest BCUT2D eigenvalue weighted by atomic mass is 10.2. The van der Waals surface area contributed by atoms with Gasteiger partial charge in [-0.25, -0.2) is 4.39 Å². The Hall–Kier alpha value is -1.06. The van der Waals surface area contributed by atoms with Crippen LogP contribution in [0.1, 0.15) is 11.1 Å². The summed E-state index contributed by atoms with van der Waals surface area (Å²) in [6.45, 7) is 1.88. The molecule has 0 saturated carbocycles. The number of hydrogen-bond donors (Lipinski definition) is 0. The third-order valence-electron chi connectivity index (χ3n) is 2.48. The first-order valence-electron chi connectivity index (χ1n) is 5.38. The molecule has 94 valence electrons. The normalized spacial score (nSPS) is 10.4. The molecule has 0 unspecified atom stereocenters. The van der Waals surface area contributed by atoms with Crippen LogP contribution in [-0.2, 0) is 5.33 Å². The Kier molecular flexibility index (Phi) is 4.25. The molecule has 0 fully saturated rings. The first kappa shape index (κ1) is 13.4. The van der Waals surface area contributed by atoms with Gasteiger partial charge in [-0.3, -0.25) is 0 Å². The number of aryl methyl sites for hydroxylation is 1. The fourth-order valence-corrected chi connectivity index (χ4v) is 2.40. The van der Waals surface area contributed by atoms with Gasteiger partial charge < -0.3 is 4.74 Å². The van der Waals surface area contributed by atoms with Gasteiger partial charge in [0, 0.05) is 10.4 Å². The topological polar surface area (TPSA) is 9.23 Å². The summed E-state index contributed by atoms with van der Waals surface area (Å²) in [7, 11) is 0. The van der Waals surface area contributed by atoms with E-state index in [0.717, 1.165) is 11.1 Å². The highest BCUT2D eigenvalue weighted by Crippen LogP contribution is 2.29. The van der Waals surface area contributed by atoms with E-state index in [9.17, 15) is 4.39 Å². The second-order valence-corrected chi connectivity index (χ2v) is 4.89. The molecule has 0 heterocycles. The highest BCUT2D eigenvalue weighted by Gasteiger charge is 2.07. The summed E-state index contributed by atoms with van der Waals surface area (Å²) < 4.78 is 19.0. The molecule has 0 radical (unpaired) electrons. The maximum Gasteiger partial charge on any atom is 0.165 e. The van der Waals surface area contributed by atoms with E-state index in [1.54, 1.807) is 24.3 Å². The summed E-state index contributed by atoms with van der Waals surface area (Å²) in [5, 5.41) is 1.27. The minimum absolute atomic E-state index is 0.206. The van der Waals surface area contributed by atoms with Crippen LogP contribution in [0.5, 0.6) is 11.5 Å². The van der Waals surface area contributed by atoms with Crippen LogP contribution in [0.4, 0.5) is 4.39 Å². The Bertz CT molecular complexity index is 572. The molecule has 0 saturated heterocycles. The van der Waals surface area contributed by atoms with E-state index in [4.69, 9.17) is 16.3 Å². The first-order chi connectivity index (χ1) is 8.60. The lowest BCUT2D eigenvalue weighted by molar-refractivity contribution is 0.442. The zero-order valence-corrected chi connectivity index (χ0v) is 12.1. The SMILES string of the molecule is Cc1ccc(F)c(Oc2ccc(CBr)c(Cl)c2)c1. The van der Waals surface area contributed by atoms with E-state index in [2.05, 4.69) is 15.9 Å². The average molecular weight is 330 g/mol. The van der Waals surface area contributed by atoms with Crippen LogP contribution in [0.15, 0.2) is 36.4 Å². The number of benzene rings is 2. The van der Waals surface area contributed by atoms with Gasteiger partial charge in [0.15, 0.2) is 11.6 Å². The van der Waals surface area contributed by atoms with Gasteiger partial charge in [-0.1, -0.05) is 39.7 Å². The molecule has 1 nitrogen and oxygen atoms in total. The molecular weight excluding hydrogens is 319 g/mol. The summed E-state index contributed by atoms with van der Waals surface area (Å²) in [6, 6.07) is 10.0. The summed E-state index contributed by atoms with van der Waals surface area (Å²) in [6.07, 6.45) is 0. The Morgan fingerprint density at radius 1 is 1.22 bits per heavy atom. The molecule has 2 rings (SSSR count). The molecule has 0 aliphatic heterocycles. The molecule has 2 aromatic rings. The van der Waals surface area contributed by atoms with E-state index in [-0.39, 0.29) is 11.6 Å². The Morgan fingerprint density at radius 2 is 2.00 bits per heavy atom. The summed E-state index contributed by atoms with van der Waals surface area (Å²) in [5.74, 6) is 0.341. The van der Waals surface area contributed by atoms with Crippen molar-refractivity contribution < 1.29 is 9.13 Å². The lowest BCUT2D eigenvalue weighted by Gasteiger charge is -2.09. The molecule has 0 aliphatic carbocycles. The zero-order valence-electron chi connectivity index (χ0n) is 9.71. The number of halogens is 3. The number of hydrogen-bond acceptors (Lipinski definition) is 1. The summed E-state index contributed by atoms with van der Waals surface area (Å²) in [4.78, 5) is 0. The Balaban J connectivity index is 2.28. The van der Waals surface area contributed by atoms with Crippen LogP contribution in [0.3, 0.4) is 0 Å². The number of ether oxygens (including phenoxy) is 1. The van der Waals surface area contributed by atoms with E-state index >= 15 is 0 Å². The average Bonchev–Trinajstić information content (AvgIpc) is 2.34. The van der Waals surface area contributed by atoms with Crippen molar-refractivity contribution in [3.05, 3.63) is 58.4 Å². The zero-order chi connectivity index (χ0) is 13.1. The van der Waals surface area contributed by atoms with Gasteiger partial charge in [0.1, 0.15) is 5.75 Å². The highest BCUT2D eigenvalue weighted by atomic mass is 79.9. The second-order valence-electron chi connectivity index (χ2n) is 3.92. The predicted octanol–water partition coefficient (Wildman–Crippen LogP) is 5.47. The van der Waals surface area contributed by atoms with Gasteiger partial charge in [0.2, 0.25) is 0 Å². The van der Waals surface area contributed by atoms with Crippen molar-refractivity contribution in [1.82, 2.24) is 0 Å². The molecule has 0 spiro atoms. The summed E-state index contributed by atoms with van der Waals surface area (Å²) >= 11 is 9.40. The van der Waals surface area contributed by atoms with Gasteiger partial charge in [0.05, 0.1) is 0 Å². The van der Waals surface area contributed by atoms with Crippen molar-refractivity contribution in [2.45, 2.75) is 12.3 Å². The lowest BCUT2D eigenvalue weighted by Crippen LogP contribution is -1.90. The van der Waals surface area contributed by atoms with Gasteiger partial charge in [-0.05, 0) is 42.3 Å². The van der Waals surface area contributed by atoms with Crippen LogP contribution in [-0.4, -0.2) is 0 Å². The fourth-order valence-electron chi connectivity index (χ4n) is 1.52. The molecule has 0 bridgehead atoms. The monoisotopic (exact) mass is 328 g/mol. The number of alkyl halides is 1. The molecule has 4 heteroatoms. The van der Waals surface area contributed by atoms with Gasteiger partial charge in [-0.2, -0.15) is 0 Å². The van der Waals surface area contributed by atoms with Gasteiger partial charge in [-0.15, -0.1) is 0 Å². The van der Waals surface area contributed by atoms with Crippen LogP contribution in [0.25, 0.3) is 0 Å². The highest BCUT2D eigenvalue weighted by molar-refractivity contribution is 9.08. The Labute approximate surface area is 119 Å². The quantitative estimate of drug-likeness (QED) is 0.678. The third kappa shape index (κ3) is 3.03. The van der Waals surface area contributed by atoms with Gasteiger partial charge in [0.25, 0.3) is 0 Å². The molecule has 0 N–H and O–H groups in total. The molecular formula is C14H11BrClFO. The fraction of sp³-hybridized carbons (Fsp3) is 0.143. The minimum Gasteiger partial charge on any atom is -0.454 e. The molecule has 0 aromatic heterocycles. The van der Waals surface area contributed by atoms with Crippen LogP contribution < -0.4 is 4.74 Å². The van der Waals surface area contributed by atoms with Crippen molar-refractivity contribution in [2.75, 3.05) is 0 Å². The van der Waals surface area contributed by atoms with Crippen LogP contribution in [0.2, 0.25) is 5.02 Å². The van der Waals surface area contributed by atoms with Crippen LogP contribution in [0, 0.1) is 12.7 Å². The van der Waals surface area contributed by atoms with E-state index in [0.29, 0.717) is 16.1 Å². The predicted molar refractivity (Wildman–Crippen MR) is 75.3 cm³/mol. The Morgan fingerprint density at radius 3 is 2.67 bits per heavy atom. The van der Waals surface area contributed by atoms with Crippen molar-refractivity contribution in [3.8, 4) is 11.5 Å². The largest absolute Gasteiger partial charge is 0.454 e. The van der Waals surface area contributed by atoms with Crippen molar-refractivity contribution in [2.24, 2.45) is 0 Å². The standard InChI is InChI=1S/C14H11BrClFO/c1-9-2-5-13(17)14(6-9)18-11-4-3-10(8-15)12(16)7-11/h2-7H,8H2,1H3. The summed E-state index contributed by atoms with van der Waals surface area (Å²) in [5.41, 5.74) is 1.91.